The Kier molecular flexibility index (Phi) is 2.90. The van der Waals surface area contributed by atoms with Gasteiger partial charge in [0, 0.05) is 0 Å². The van der Waals surface area contributed by atoms with Crippen molar-refractivity contribution in [2.45, 2.75) is 31.7 Å². The monoisotopic (exact) mass is 255 g/mol. The molecule has 2 aromatic rings. The number of hydrogen-bond donors (Lipinski definition) is 1. The Labute approximate surface area is 113 Å². The molecular weight excluding hydrogens is 237 g/mol. The Balaban J connectivity index is 2.18. The molecule has 0 saturated carbocycles. The molecule has 19 heavy (non-hydrogen) atoms. The second kappa shape index (κ2) is 4.46. The van der Waals surface area contributed by atoms with Crippen molar-refractivity contribution in [3.05, 3.63) is 70.5 Å². The summed E-state index contributed by atoms with van der Waals surface area (Å²) in [4.78, 5) is 0. The lowest BCUT2D eigenvalue weighted by molar-refractivity contribution is 0.440. The van der Waals surface area contributed by atoms with Gasteiger partial charge in [0.2, 0.25) is 0 Å². The first kappa shape index (κ1) is 12.4. The first-order valence-electron chi connectivity index (χ1n) is 6.74. The van der Waals surface area contributed by atoms with Crippen LogP contribution in [0.15, 0.2) is 42.5 Å². The second-order valence-electron chi connectivity index (χ2n) is 5.50. The average molecular weight is 255 g/mol. The maximum absolute atomic E-state index is 13.7. The molecule has 1 unspecified atom stereocenters. The molecule has 0 spiro atoms. The summed E-state index contributed by atoms with van der Waals surface area (Å²) in [7, 11) is 0. The zero-order chi connectivity index (χ0) is 13.5. The molecule has 0 radical (unpaired) electrons. The van der Waals surface area contributed by atoms with Crippen LogP contribution in [0.2, 0.25) is 0 Å². The van der Waals surface area contributed by atoms with E-state index in [0.29, 0.717) is 0 Å². The van der Waals surface area contributed by atoms with Crippen molar-refractivity contribution in [2.24, 2.45) is 5.73 Å². The Morgan fingerprint density at radius 3 is 2.74 bits per heavy atom. The minimum atomic E-state index is -0.554. The van der Waals surface area contributed by atoms with E-state index in [-0.39, 0.29) is 5.82 Å². The van der Waals surface area contributed by atoms with Crippen molar-refractivity contribution in [1.29, 1.82) is 0 Å². The van der Waals surface area contributed by atoms with Crippen molar-refractivity contribution in [3.63, 3.8) is 0 Å². The molecule has 0 heterocycles. The highest BCUT2D eigenvalue weighted by atomic mass is 19.1. The molecule has 2 heteroatoms. The topological polar surface area (TPSA) is 26.0 Å². The molecule has 0 bridgehead atoms. The number of fused-ring (bicyclic) bond motifs is 1. The van der Waals surface area contributed by atoms with Gasteiger partial charge in [0.25, 0.3) is 0 Å². The van der Waals surface area contributed by atoms with Gasteiger partial charge in [-0.3, -0.25) is 0 Å². The van der Waals surface area contributed by atoms with Gasteiger partial charge < -0.3 is 5.73 Å². The van der Waals surface area contributed by atoms with Crippen LogP contribution in [0.3, 0.4) is 0 Å². The maximum atomic E-state index is 13.7. The number of nitrogens with two attached hydrogens (primary N) is 1. The van der Waals surface area contributed by atoms with E-state index < -0.39 is 5.54 Å². The third-order valence-electron chi connectivity index (χ3n) is 4.07. The molecular formula is C17H18FN. The lowest BCUT2D eigenvalue weighted by Crippen LogP contribution is -2.41. The van der Waals surface area contributed by atoms with E-state index in [9.17, 15) is 4.39 Å². The van der Waals surface area contributed by atoms with Crippen LogP contribution in [0.1, 0.15) is 35.1 Å². The van der Waals surface area contributed by atoms with Gasteiger partial charge in [-0.1, -0.05) is 30.3 Å². The molecule has 1 aliphatic carbocycles. The first-order chi connectivity index (χ1) is 9.09. The van der Waals surface area contributed by atoms with Gasteiger partial charge in [-0.15, -0.1) is 0 Å². The molecule has 1 aliphatic rings. The molecule has 3 rings (SSSR count). The zero-order valence-electron chi connectivity index (χ0n) is 11.1. The van der Waals surface area contributed by atoms with Crippen LogP contribution < -0.4 is 5.73 Å². The predicted molar refractivity (Wildman–Crippen MR) is 75.5 cm³/mol. The summed E-state index contributed by atoms with van der Waals surface area (Å²) < 4.78 is 13.7. The largest absolute Gasteiger partial charge is 0.318 e. The fraction of sp³-hybridized carbons (Fsp3) is 0.294. The summed E-state index contributed by atoms with van der Waals surface area (Å²) in [5.74, 6) is -0.206. The highest BCUT2D eigenvalue weighted by Gasteiger charge is 2.34. The summed E-state index contributed by atoms with van der Waals surface area (Å²) in [6, 6.07) is 13.4. The fourth-order valence-electron chi connectivity index (χ4n) is 3.16. The van der Waals surface area contributed by atoms with Crippen molar-refractivity contribution in [3.8, 4) is 0 Å². The second-order valence-corrected chi connectivity index (χ2v) is 5.50. The summed E-state index contributed by atoms with van der Waals surface area (Å²) in [6.07, 6.45) is 2.97. The number of benzene rings is 2. The molecule has 0 fully saturated rings. The minimum absolute atomic E-state index is 0.206. The predicted octanol–water partition coefficient (Wildman–Crippen LogP) is 3.67. The van der Waals surface area contributed by atoms with Crippen molar-refractivity contribution in [1.82, 2.24) is 0 Å². The molecule has 0 amide bonds. The number of aryl methyl sites for hydroxylation is 2. The van der Waals surface area contributed by atoms with Gasteiger partial charge >= 0.3 is 0 Å². The van der Waals surface area contributed by atoms with Crippen molar-refractivity contribution >= 4 is 0 Å². The number of rotatable bonds is 1. The van der Waals surface area contributed by atoms with Crippen LogP contribution in [0.4, 0.5) is 4.39 Å². The Bertz CT molecular complexity index is 600. The molecule has 0 aromatic heterocycles. The SMILES string of the molecule is Cc1cc(F)cc(C2(N)CCCc3ccccc32)c1. The zero-order valence-corrected chi connectivity index (χ0v) is 11.1. The first-order valence-corrected chi connectivity index (χ1v) is 6.74. The van der Waals surface area contributed by atoms with Gasteiger partial charge in [0.05, 0.1) is 5.54 Å². The van der Waals surface area contributed by atoms with E-state index >= 15 is 0 Å². The third-order valence-corrected chi connectivity index (χ3v) is 4.07. The lowest BCUT2D eigenvalue weighted by Gasteiger charge is -2.36. The standard InChI is InChI=1S/C17H18FN/c1-12-9-14(11-15(18)10-12)17(19)8-4-6-13-5-2-3-7-16(13)17/h2-3,5,7,9-11H,4,6,8,19H2,1H3. The maximum Gasteiger partial charge on any atom is 0.123 e. The molecule has 1 atom stereocenters. The molecule has 98 valence electrons. The third kappa shape index (κ3) is 2.06. The Morgan fingerprint density at radius 1 is 1.16 bits per heavy atom. The van der Waals surface area contributed by atoms with Crippen LogP contribution in [0.5, 0.6) is 0 Å². The summed E-state index contributed by atoms with van der Waals surface area (Å²) in [5.41, 5.74) is 10.3. The van der Waals surface area contributed by atoms with Crippen LogP contribution in [-0.2, 0) is 12.0 Å². The van der Waals surface area contributed by atoms with Crippen molar-refractivity contribution < 1.29 is 4.39 Å². The lowest BCUT2D eigenvalue weighted by atomic mass is 9.73. The van der Waals surface area contributed by atoms with Crippen LogP contribution in [-0.4, -0.2) is 0 Å². The molecule has 0 saturated heterocycles. The van der Waals surface area contributed by atoms with E-state index in [0.717, 1.165) is 36.0 Å². The highest BCUT2D eigenvalue weighted by Crippen LogP contribution is 2.38. The Morgan fingerprint density at radius 2 is 1.95 bits per heavy atom. The number of hydrogen-bond acceptors (Lipinski definition) is 1. The van der Waals surface area contributed by atoms with E-state index in [2.05, 4.69) is 12.1 Å². The van der Waals surface area contributed by atoms with Gasteiger partial charge in [-0.2, -0.15) is 0 Å². The smallest absolute Gasteiger partial charge is 0.123 e. The van der Waals surface area contributed by atoms with Gasteiger partial charge in [0.1, 0.15) is 5.82 Å². The number of halogens is 1. The fourth-order valence-corrected chi connectivity index (χ4v) is 3.16. The summed E-state index contributed by atoms with van der Waals surface area (Å²) in [6.45, 7) is 1.91. The normalized spacial score (nSPS) is 22.1. The van der Waals surface area contributed by atoms with Crippen LogP contribution in [0.25, 0.3) is 0 Å². The van der Waals surface area contributed by atoms with Crippen LogP contribution >= 0.6 is 0 Å². The molecule has 1 nitrogen and oxygen atoms in total. The summed E-state index contributed by atoms with van der Waals surface area (Å²) >= 11 is 0. The average Bonchev–Trinajstić information content (AvgIpc) is 2.38. The van der Waals surface area contributed by atoms with Gasteiger partial charge in [0.15, 0.2) is 0 Å². The molecule has 0 aliphatic heterocycles. The van der Waals surface area contributed by atoms with Crippen molar-refractivity contribution in [2.75, 3.05) is 0 Å². The van der Waals surface area contributed by atoms with Crippen LogP contribution in [0, 0.1) is 12.7 Å². The summed E-state index contributed by atoms with van der Waals surface area (Å²) in [5, 5.41) is 0. The highest BCUT2D eigenvalue weighted by molar-refractivity contribution is 5.45. The van der Waals surface area contributed by atoms with E-state index in [4.69, 9.17) is 5.73 Å². The van der Waals surface area contributed by atoms with Gasteiger partial charge in [-0.05, 0) is 60.6 Å². The van der Waals surface area contributed by atoms with Gasteiger partial charge in [-0.25, -0.2) is 4.39 Å². The molecule has 2 aromatic carbocycles. The minimum Gasteiger partial charge on any atom is -0.318 e. The van der Waals surface area contributed by atoms with E-state index in [1.807, 2.05) is 25.1 Å². The van der Waals surface area contributed by atoms with E-state index in [1.54, 1.807) is 12.1 Å². The van der Waals surface area contributed by atoms with E-state index in [1.165, 1.54) is 5.56 Å². The quantitative estimate of drug-likeness (QED) is 0.826. The molecule has 2 N–H and O–H groups in total. The Hall–Kier alpha value is -1.67.